The molecular formula is C9H10Cl2O3S. The Kier molecular flexibility index (Phi) is 4.00. The molecule has 1 aromatic rings. The van der Waals surface area contributed by atoms with Crippen LogP contribution in [0.4, 0.5) is 0 Å². The van der Waals surface area contributed by atoms with E-state index in [4.69, 9.17) is 27.0 Å². The molecule has 84 valence electrons. The first-order chi connectivity index (χ1) is 6.86. The Morgan fingerprint density at radius 1 is 1.40 bits per heavy atom. The Bertz CT molecular complexity index is 456. The molecule has 0 amide bonds. The SMILES string of the molecule is COC(C)c1ccc(S(=O)(=O)Cl)cc1Cl. The van der Waals surface area contributed by atoms with Crippen LogP contribution in [0.2, 0.25) is 5.02 Å². The molecule has 0 aliphatic heterocycles. The number of methoxy groups -OCH3 is 1. The molecule has 1 atom stereocenters. The van der Waals surface area contributed by atoms with Gasteiger partial charge in [-0.3, -0.25) is 0 Å². The summed E-state index contributed by atoms with van der Waals surface area (Å²) in [4.78, 5) is -0.0128. The molecular weight excluding hydrogens is 259 g/mol. The Balaban J connectivity index is 3.20. The molecule has 3 nitrogen and oxygen atoms in total. The molecule has 15 heavy (non-hydrogen) atoms. The van der Waals surface area contributed by atoms with Gasteiger partial charge >= 0.3 is 0 Å². The van der Waals surface area contributed by atoms with Crippen molar-refractivity contribution in [1.82, 2.24) is 0 Å². The molecule has 1 rings (SSSR count). The maximum absolute atomic E-state index is 11.0. The fourth-order valence-corrected chi connectivity index (χ4v) is 2.29. The Morgan fingerprint density at radius 2 is 2.00 bits per heavy atom. The predicted octanol–water partition coefficient (Wildman–Crippen LogP) is 2.97. The zero-order valence-electron chi connectivity index (χ0n) is 8.20. The molecule has 0 fully saturated rings. The second-order valence-electron chi connectivity index (χ2n) is 3.00. The zero-order chi connectivity index (χ0) is 11.6. The van der Waals surface area contributed by atoms with Gasteiger partial charge in [0.1, 0.15) is 0 Å². The molecule has 1 unspecified atom stereocenters. The maximum atomic E-state index is 11.0. The van der Waals surface area contributed by atoms with Crippen molar-refractivity contribution >= 4 is 31.3 Å². The number of rotatable bonds is 3. The largest absolute Gasteiger partial charge is 0.377 e. The second kappa shape index (κ2) is 4.70. The third kappa shape index (κ3) is 3.08. The van der Waals surface area contributed by atoms with E-state index in [1.165, 1.54) is 12.1 Å². The number of ether oxygens (including phenoxy) is 1. The first-order valence-corrected chi connectivity index (χ1v) is 6.82. The smallest absolute Gasteiger partial charge is 0.261 e. The van der Waals surface area contributed by atoms with Crippen LogP contribution in [0.25, 0.3) is 0 Å². The van der Waals surface area contributed by atoms with Gasteiger partial charge in [-0.2, -0.15) is 0 Å². The molecule has 0 aliphatic rings. The summed E-state index contributed by atoms with van der Waals surface area (Å²) in [7, 11) is 3.00. The first kappa shape index (κ1) is 12.8. The summed E-state index contributed by atoms with van der Waals surface area (Å²) in [5.74, 6) is 0. The van der Waals surface area contributed by atoms with Crippen molar-refractivity contribution in [3.63, 3.8) is 0 Å². The standard InChI is InChI=1S/C9H10Cl2O3S/c1-6(14-2)8-4-3-7(5-9(8)10)15(11,12)13/h3-6H,1-2H3. The van der Waals surface area contributed by atoms with E-state index in [0.29, 0.717) is 5.02 Å². The highest BCUT2D eigenvalue weighted by molar-refractivity contribution is 8.13. The minimum Gasteiger partial charge on any atom is -0.377 e. The third-order valence-corrected chi connectivity index (χ3v) is 3.72. The van der Waals surface area contributed by atoms with Gasteiger partial charge in [-0.1, -0.05) is 17.7 Å². The van der Waals surface area contributed by atoms with E-state index in [9.17, 15) is 8.42 Å². The lowest BCUT2D eigenvalue weighted by Crippen LogP contribution is -1.98. The lowest BCUT2D eigenvalue weighted by atomic mass is 10.1. The minimum atomic E-state index is -3.73. The van der Waals surface area contributed by atoms with Crippen LogP contribution >= 0.6 is 22.3 Å². The van der Waals surface area contributed by atoms with Crippen LogP contribution in [0.3, 0.4) is 0 Å². The average Bonchev–Trinajstić information content (AvgIpc) is 2.15. The highest BCUT2D eigenvalue weighted by Gasteiger charge is 2.14. The van der Waals surface area contributed by atoms with Crippen LogP contribution in [-0.4, -0.2) is 15.5 Å². The molecule has 1 aromatic carbocycles. The van der Waals surface area contributed by atoms with Crippen LogP contribution in [0.1, 0.15) is 18.6 Å². The highest BCUT2D eigenvalue weighted by atomic mass is 35.7. The maximum Gasteiger partial charge on any atom is 0.261 e. The van der Waals surface area contributed by atoms with Gasteiger partial charge in [0.05, 0.1) is 11.0 Å². The summed E-state index contributed by atoms with van der Waals surface area (Å²) in [5, 5.41) is 0.325. The van der Waals surface area contributed by atoms with Crippen molar-refractivity contribution in [2.24, 2.45) is 0 Å². The van der Waals surface area contributed by atoms with Gasteiger partial charge in [0.25, 0.3) is 9.05 Å². The fraction of sp³-hybridized carbons (Fsp3) is 0.333. The summed E-state index contributed by atoms with van der Waals surface area (Å²) < 4.78 is 27.1. The van der Waals surface area contributed by atoms with Crippen molar-refractivity contribution in [2.75, 3.05) is 7.11 Å². The number of hydrogen-bond acceptors (Lipinski definition) is 3. The van der Waals surface area contributed by atoms with Gasteiger partial charge in [-0.05, 0) is 24.6 Å². The number of benzene rings is 1. The van der Waals surface area contributed by atoms with Gasteiger partial charge in [0.2, 0.25) is 0 Å². The van der Waals surface area contributed by atoms with Crippen LogP contribution in [-0.2, 0) is 13.8 Å². The molecule has 0 saturated carbocycles. The first-order valence-electron chi connectivity index (χ1n) is 4.13. The summed E-state index contributed by atoms with van der Waals surface area (Å²) in [5.41, 5.74) is 0.725. The Morgan fingerprint density at radius 3 is 2.40 bits per heavy atom. The van der Waals surface area contributed by atoms with Crippen molar-refractivity contribution in [3.05, 3.63) is 28.8 Å². The van der Waals surface area contributed by atoms with Crippen molar-refractivity contribution < 1.29 is 13.2 Å². The highest BCUT2D eigenvalue weighted by Crippen LogP contribution is 2.28. The summed E-state index contributed by atoms with van der Waals surface area (Å²) in [6.07, 6.45) is -0.190. The van der Waals surface area contributed by atoms with Gasteiger partial charge < -0.3 is 4.74 Å². The van der Waals surface area contributed by atoms with Crippen LogP contribution in [0.15, 0.2) is 23.1 Å². The van der Waals surface area contributed by atoms with E-state index in [0.717, 1.165) is 5.56 Å². The quantitative estimate of drug-likeness (QED) is 0.792. The Hall–Kier alpha value is -0.290. The van der Waals surface area contributed by atoms with Gasteiger partial charge in [0.15, 0.2) is 0 Å². The third-order valence-electron chi connectivity index (χ3n) is 2.04. The molecule has 0 heterocycles. The van der Waals surface area contributed by atoms with E-state index >= 15 is 0 Å². The van der Waals surface area contributed by atoms with Crippen LogP contribution in [0, 0.1) is 0 Å². The normalized spacial score (nSPS) is 13.9. The molecule has 0 saturated heterocycles. The predicted molar refractivity (Wildman–Crippen MR) is 59.9 cm³/mol. The monoisotopic (exact) mass is 268 g/mol. The van der Waals surface area contributed by atoms with Gasteiger partial charge in [0, 0.05) is 22.8 Å². The summed E-state index contributed by atoms with van der Waals surface area (Å²) >= 11 is 5.91. The minimum absolute atomic E-state index is 0.0128. The van der Waals surface area contributed by atoms with E-state index < -0.39 is 9.05 Å². The molecule has 0 bridgehead atoms. The zero-order valence-corrected chi connectivity index (χ0v) is 10.5. The van der Waals surface area contributed by atoms with Gasteiger partial charge in [-0.15, -0.1) is 0 Å². The average molecular weight is 269 g/mol. The van der Waals surface area contributed by atoms with E-state index in [-0.39, 0.29) is 11.0 Å². The molecule has 0 radical (unpaired) electrons. The molecule has 0 aliphatic carbocycles. The van der Waals surface area contributed by atoms with Crippen molar-refractivity contribution in [1.29, 1.82) is 0 Å². The lowest BCUT2D eigenvalue weighted by molar-refractivity contribution is 0.119. The van der Waals surface area contributed by atoms with E-state index in [1.54, 1.807) is 13.2 Å². The Labute approximate surface area is 98.4 Å². The van der Waals surface area contributed by atoms with E-state index in [1.807, 2.05) is 6.92 Å². The van der Waals surface area contributed by atoms with E-state index in [2.05, 4.69) is 0 Å². The second-order valence-corrected chi connectivity index (χ2v) is 5.97. The van der Waals surface area contributed by atoms with Crippen molar-refractivity contribution in [3.8, 4) is 0 Å². The summed E-state index contributed by atoms with van der Waals surface area (Å²) in [6, 6.07) is 4.31. The summed E-state index contributed by atoms with van der Waals surface area (Å²) in [6.45, 7) is 1.82. The number of hydrogen-bond donors (Lipinski definition) is 0. The lowest BCUT2D eigenvalue weighted by Gasteiger charge is -2.11. The molecule has 6 heteroatoms. The topological polar surface area (TPSA) is 43.4 Å². The van der Waals surface area contributed by atoms with Crippen LogP contribution < -0.4 is 0 Å². The van der Waals surface area contributed by atoms with Gasteiger partial charge in [-0.25, -0.2) is 8.42 Å². The van der Waals surface area contributed by atoms with Crippen LogP contribution in [0.5, 0.6) is 0 Å². The molecule has 0 spiro atoms. The molecule has 0 aromatic heterocycles. The number of halogens is 2. The fourth-order valence-electron chi connectivity index (χ4n) is 1.12. The van der Waals surface area contributed by atoms with Crippen molar-refractivity contribution in [2.45, 2.75) is 17.9 Å². The molecule has 0 N–H and O–H groups in total.